The summed E-state index contributed by atoms with van der Waals surface area (Å²) in [6.45, 7) is 0. The van der Waals surface area contributed by atoms with E-state index in [0.717, 1.165) is 20.1 Å². The highest BCUT2D eigenvalue weighted by atomic mass is 127. The first-order valence-corrected chi connectivity index (χ1v) is 8.98. The highest BCUT2D eigenvalue weighted by molar-refractivity contribution is 14.1. The highest BCUT2D eigenvalue weighted by Crippen LogP contribution is 2.14. The van der Waals surface area contributed by atoms with Gasteiger partial charge in [0.2, 0.25) is 12.2 Å². The predicted molar refractivity (Wildman–Crippen MR) is 98.6 cm³/mol. The second kappa shape index (κ2) is 7.60. The van der Waals surface area contributed by atoms with E-state index in [1.807, 2.05) is 59.3 Å². The van der Waals surface area contributed by atoms with E-state index in [1.165, 1.54) is 11.8 Å². The van der Waals surface area contributed by atoms with Crippen molar-refractivity contribution >= 4 is 45.9 Å². The maximum Gasteiger partial charge on any atom is 0.385 e. The molecule has 0 spiro atoms. The fraction of sp³-hybridized carbons (Fsp3) is 0.0625. The Balaban J connectivity index is 1.62. The van der Waals surface area contributed by atoms with Crippen LogP contribution in [0.3, 0.4) is 0 Å². The third kappa shape index (κ3) is 4.32. The van der Waals surface area contributed by atoms with E-state index in [0.29, 0.717) is 5.75 Å². The van der Waals surface area contributed by atoms with Crippen LogP contribution in [0, 0.1) is 3.57 Å². The molecule has 2 aromatic carbocycles. The largest absolute Gasteiger partial charge is 0.385 e. The number of aromatic amines is 1. The molecule has 1 heterocycles. The number of carbonyl (C=O) groups excluding carboxylic acids is 1. The third-order valence-electron chi connectivity index (χ3n) is 3.03. The van der Waals surface area contributed by atoms with E-state index in [-0.39, 0.29) is 5.91 Å². The summed E-state index contributed by atoms with van der Waals surface area (Å²) >= 11 is 3.62. The van der Waals surface area contributed by atoms with Crippen LogP contribution >= 0.6 is 34.4 Å². The van der Waals surface area contributed by atoms with Gasteiger partial charge in [-0.2, -0.15) is 5.10 Å². The lowest BCUT2D eigenvalue weighted by Crippen LogP contribution is -2.35. The molecule has 2 N–H and O–H groups in total. The summed E-state index contributed by atoms with van der Waals surface area (Å²) in [6.07, 6.45) is 1.62. The van der Waals surface area contributed by atoms with Crippen LogP contribution in [0.4, 0.5) is 5.69 Å². The Morgan fingerprint density at radius 3 is 2.65 bits per heavy atom. The van der Waals surface area contributed by atoms with Gasteiger partial charge >= 0.3 is 5.16 Å². The minimum Gasteiger partial charge on any atom is -0.325 e. The number of para-hydroxylation sites is 1. The van der Waals surface area contributed by atoms with Crippen molar-refractivity contribution in [2.45, 2.75) is 5.16 Å². The van der Waals surface area contributed by atoms with Crippen LogP contribution in [-0.4, -0.2) is 21.7 Å². The average molecular weight is 437 g/mol. The number of benzene rings is 2. The molecule has 5 nitrogen and oxygen atoms in total. The SMILES string of the molecule is O=C(CSc1nc[nH][n+]1-c1ccccc1)Nc1ccc(I)cc1. The van der Waals surface area contributed by atoms with Gasteiger partial charge in [0, 0.05) is 9.26 Å². The van der Waals surface area contributed by atoms with Crippen molar-refractivity contribution in [3.8, 4) is 5.69 Å². The van der Waals surface area contributed by atoms with Crippen molar-refractivity contribution in [3.63, 3.8) is 0 Å². The van der Waals surface area contributed by atoms with Gasteiger partial charge in [0.05, 0.1) is 5.75 Å². The lowest BCUT2D eigenvalue weighted by Gasteiger charge is -2.03. The minimum atomic E-state index is -0.0566. The number of amides is 1. The number of nitrogens with zero attached hydrogens (tertiary/aromatic N) is 2. The molecule has 23 heavy (non-hydrogen) atoms. The first-order chi connectivity index (χ1) is 11.2. The predicted octanol–water partition coefficient (Wildman–Crippen LogP) is 3.02. The number of nitrogens with one attached hydrogen (secondary N) is 2. The van der Waals surface area contributed by atoms with Crippen LogP contribution in [0.2, 0.25) is 0 Å². The summed E-state index contributed by atoms with van der Waals surface area (Å²) in [5, 5.41) is 6.68. The van der Waals surface area contributed by atoms with E-state index < -0.39 is 0 Å². The Hall–Kier alpha value is -1.87. The summed E-state index contributed by atoms with van der Waals surface area (Å²) in [5.74, 6) is 0.239. The number of carbonyl (C=O) groups is 1. The van der Waals surface area contributed by atoms with Crippen LogP contribution in [0.1, 0.15) is 0 Å². The van der Waals surface area contributed by atoms with Crippen molar-refractivity contribution in [2.24, 2.45) is 0 Å². The van der Waals surface area contributed by atoms with Crippen LogP contribution in [-0.2, 0) is 4.79 Å². The maximum atomic E-state index is 12.1. The highest BCUT2D eigenvalue weighted by Gasteiger charge is 2.18. The molecule has 7 heteroatoms. The van der Waals surface area contributed by atoms with Crippen LogP contribution in [0.5, 0.6) is 0 Å². The summed E-state index contributed by atoms with van der Waals surface area (Å²) in [5.41, 5.74) is 1.78. The first-order valence-electron chi connectivity index (χ1n) is 6.91. The van der Waals surface area contributed by atoms with E-state index in [9.17, 15) is 4.79 Å². The number of H-pyrrole nitrogens is 1. The molecule has 1 amide bonds. The molecule has 1 aromatic heterocycles. The topological polar surface area (TPSA) is 61.7 Å². The number of rotatable bonds is 5. The Labute approximate surface area is 151 Å². The Kier molecular flexibility index (Phi) is 5.29. The third-order valence-corrected chi connectivity index (χ3v) is 4.70. The van der Waals surface area contributed by atoms with Crippen LogP contribution in [0.25, 0.3) is 5.69 Å². The standard InChI is InChI=1S/C16H13IN4OS/c17-12-6-8-13(9-7-12)20-15(22)10-23-16-18-11-19-21(16)14-4-2-1-3-5-14/h1-9,11H,10H2,(H,20,22)/p+1. The maximum absolute atomic E-state index is 12.1. The van der Waals surface area contributed by atoms with Gasteiger partial charge in [-0.15, -0.1) is 4.68 Å². The molecule has 0 saturated heterocycles. The quantitative estimate of drug-likeness (QED) is 0.367. The molecule has 3 aromatic rings. The minimum absolute atomic E-state index is 0.0566. The average Bonchev–Trinajstić information content (AvgIpc) is 3.04. The number of hydrogen-bond donors (Lipinski definition) is 2. The smallest absolute Gasteiger partial charge is 0.325 e. The van der Waals surface area contributed by atoms with Gasteiger partial charge in [0.1, 0.15) is 0 Å². The lowest BCUT2D eigenvalue weighted by molar-refractivity contribution is -0.694. The fourth-order valence-corrected chi connectivity index (χ4v) is 3.09. The van der Waals surface area contributed by atoms with Crippen molar-refractivity contribution in [1.82, 2.24) is 10.1 Å². The summed E-state index contributed by atoms with van der Waals surface area (Å²) in [4.78, 5) is 16.3. The molecule has 116 valence electrons. The van der Waals surface area contributed by atoms with E-state index >= 15 is 0 Å². The molecule has 0 aliphatic heterocycles. The zero-order valence-electron chi connectivity index (χ0n) is 12.1. The van der Waals surface area contributed by atoms with Crippen LogP contribution < -0.4 is 10.00 Å². The van der Waals surface area contributed by atoms with Crippen molar-refractivity contribution in [2.75, 3.05) is 11.1 Å². The lowest BCUT2D eigenvalue weighted by atomic mass is 10.3. The van der Waals surface area contributed by atoms with E-state index in [4.69, 9.17) is 0 Å². The summed E-state index contributed by atoms with van der Waals surface area (Å²) < 4.78 is 2.98. The van der Waals surface area contributed by atoms with Gasteiger partial charge in [0.25, 0.3) is 0 Å². The number of aromatic nitrogens is 3. The van der Waals surface area contributed by atoms with Gasteiger partial charge in [0.15, 0.2) is 5.69 Å². The summed E-state index contributed by atoms with van der Waals surface area (Å²) in [7, 11) is 0. The Morgan fingerprint density at radius 1 is 1.17 bits per heavy atom. The van der Waals surface area contributed by atoms with Crippen LogP contribution in [0.15, 0.2) is 66.1 Å². The zero-order chi connectivity index (χ0) is 16.1. The number of anilines is 1. The molecule has 0 radical (unpaired) electrons. The normalized spacial score (nSPS) is 10.5. The van der Waals surface area contributed by atoms with Crippen molar-refractivity contribution in [1.29, 1.82) is 0 Å². The molecular weight excluding hydrogens is 423 g/mol. The summed E-state index contributed by atoms with van der Waals surface area (Å²) in [6, 6.07) is 17.5. The molecule has 0 unspecified atom stereocenters. The van der Waals surface area contributed by atoms with Crippen molar-refractivity contribution < 1.29 is 9.48 Å². The molecule has 0 saturated carbocycles. The number of halogens is 1. The second-order valence-corrected chi connectivity index (χ2v) is 6.87. The van der Waals surface area contributed by atoms with Gasteiger partial charge in [-0.25, -0.2) is 0 Å². The number of hydrogen-bond acceptors (Lipinski definition) is 3. The molecule has 0 fully saturated rings. The van der Waals surface area contributed by atoms with Gasteiger partial charge < -0.3 is 5.32 Å². The Morgan fingerprint density at radius 2 is 1.91 bits per heavy atom. The molecular formula is C16H14IN4OS+. The molecule has 0 aliphatic carbocycles. The molecule has 0 bridgehead atoms. The Bertz CT molecular complexity index is 789. The fourth-order valence-electron chi connectivity index (χ4n) is 1.98. The zero-order valence-corrected chi connectivity index (χ0v) is 15.0. The van der Waals surface area contributed by atoms with Gasteiger partial charge in [-0.05, 0) is 75.7 Å². The monoisotopic (exact) mass is 437 g/mol. The first kappa shape index (κ1) is 16.0. The molecule has 0 aliphatic rings. The van der Waals surface area contributed by atoms with Gasteiger partial charge in [-0.3, -0.25) is 4.79 Å². The second-order valence-electron chi connectivity index (χ2n) is 4.68. The van der Waals surface area contributed by atoms with E-state index in [1.54, 1.807) is 6.33 Å². The van der Waals surface area contributed by atoms with Crippen molar-refractivity contribution in [3.05, 3.63) is 64.5 Å². The molecule has 0 atom stereocenters. The van der Waals surface area contributed by atoms with E-state index in [2.05, 4.69) is 38.0 Å². The molecule has 3 rings (SSSR count). The van der Waals surface area contributed by atoms with Gasteiger partial charge in [-0.1, -0.05) is 18.2 Å². The number of thioether (sulfide) groups is 1.